The Kier molecular flexibility index (Phi) is 12.9. The standard InChI is InChI=1S/C18H34N6O.2ClH/c1-5-23(6-2)13-7-8-14(3)20-18(25)17-15(4)24(22-21-17)16-9-11-19-12-10-16;;/h14,16,19H,5-13H2,1-4H3,(H,20,25);2*1H. The highest BCUT2D eigenvalue weighted by atomic mass is 35.5. The van der Waals surface area contributed by atoms with Gasteiger partial charge in [0.1, 0.15) is 0 Å². The summed E-state index contributed by atoms with van der Waals surface area (Å²) in [6.07, 6.45) is 4.13. The van der Waals surface area contributed by atoms with Crippen molar-refractivity contribution in [2.45, 2.75) is 65.5 Å². The van der Waals surface area contributed by atoms with E-state index < -0.39 is 0 Å². The van der Waals surface area contributed by atoms with Crippen LogP contribution in [0.3, 0.4) is 0 Å². The Morgan fingerprint density at radius 1 is 1.30 bits per heavy atom. The van der Waals surface area contributed by atoms with Crippen molar-refractivity contribution in [3.8, 4) is 0 Å². The van der Waals surface area contributed by atoms with E-state index in [1.807, 2.05) is 11.6 Å². The van der Waals surface area contributed by atoms with Crippen molar-refractivity contribution in [3.05, 3.63) is 11.4 Å². The Balaban J connectivity index is 0.00000338. The summed E-state index contributed by atoms with van der Waals surface area (Å²) >= 11 is 0. The topological polar surface area (TPSA) is 75.1 Å². The lowest BCUT2D eigenvalue weighted by molar-refractivity contribution is 0.0931. The van der Waals surface area contributed by atoms with Crippen LogP contribution in [0.25, 0.3) is 0 Å². The van der Waals surface area contributed by atoms with Crippen molar-refractivity contribution >= 4 is 30.7 Å². The van der Waals surface area contributed by atoms with E-state index in [2.05, 4.69) is 46.6 Å². The largest absolute Gasteiger partial charge is 0.348 e. The van der Waals surface area contributed by atoms with E-state index in [1.54, 1.807) is 0 Å². The summed E-state index contributed by atoms with van der Waals surface area (Å²) < 4.78 is 1.93. The van der Waals surface area contributed by atoms with E-state index in [9.17, 15) is 4.79 Å². The van der Waals surface area contributed by atoms with E-state index in [-0.39, 0.29) is 36.8 Å². The van der Waals surface area contributed by atoms with Crippen LogP contribution in [-0.4, -0.2) is 64.6 Å². The Morgan fingerprint density at radius 2 is 1.93 bits per heavy atom. The fourth-order valence-electron chi connectivity index (χ4n) is 3.47. The molecule has 0 bridgehead atoms. The minimum atomic E-state index is -0.104. The Labute approximate surface area is 175 Å². The molecule has 1 aromatic rings. The number of hydrogen-bond donors (Lipinski definition) is 2. The van der Waals surface area contributed by atoms with Crippen molar-refractivity contribution < 1.29 is 4.79 Å². The number of carbonyl (C=O) groups excluding carboxylic acids is 1. The fraction of sp³-hybridized carbons (Fsp3) is 0.833. The van der Waals surface area contributed by atoms with E-state index >= 15 is 0 Å². The first kappa shape index (κ1) is 26.1. The monoisotopic (exact) mass is 422 g/mol. The number of nitrogens with zero attached hydrogens (tertiary/aromatic N) is 4. The molecule has 0 radical (unpaired) electrons. The third-order valence-electron chi connectivity index (χ3n) is 5.18. The van der Waals surface area contributed by atoms with Crippen LogP contribution >= 0.6 is 24.8 Å². The molecule has 1 aliphatic rings. The summed E-state index contributed by atoms with van der Waals surface area (Å²) in [4.78, 5) is 14.9. The van der Waals surface area contributed by atoms with Gasteiger partial charge in [-0.2, -0.15) is 0 Å². The summed E-state index contributed by atoms with van der Waals surface area (Å²) in [6, 6.07) is 0.494. The number of piperidine rings is 1. The smallest absolute Gasteiger partial charge is 0.273 e. The van der Waals surface area contributed by atoms with E-state index in [0.29, 0.717) is 11.7 Å². The van der Waals surface area contributed by atoms with Gasteiger partial charge >= 0.3 is 0 Å². The maximum absolute atomic E-state index is 12.5. The molecule has 0 aliphatic carbocycles. The molecule has 158 valence electrons. The normalized spacial score (nSPS) is 15.7. The molecule has 1 atom stereocenters. The molecule has 2 N–H and O–H groups in total. The zero-order valence-corrected chi connectivity index (χ0v) is 18.7. The van der Waals surface area contributed by atoms with Gasteiger partial charge in [-0.15, -0.1) is 29.9 Å². The van der Waals surface area contributed by atoms with Gasteiger partial charge in [-0.3, -0.25) is 4.79 Å². The lowest BCUT2D eigenvalue weighted by atomic mass is 10.1. The van der Waals surface area contributed by atoms with Gasteiger partial charge < -0.3 is 15.5 Å². The summed E-state index contributed by atoms with van der Waals surface area (Å²) in [6.45, 7) is 13.6. The van der Waals surface area contributed by atoms with Crippen molar-refractivity contribution in [3.63, 3.8) is 0 Å². The predicted molar refractivity (Wildman–Crippen MR) is 114 cm³/mol. The molecule has 1 unspecified atom stereocenters. The maximum atomic E-state index is 12.5. The zero-order chi connectivity index (χ0) is 18.2. The van der Waals surface area contributed by atoms with Crippen LogP contribution in [0.4, 0.5) is 0 Å². The number of hydrogen-bond acceptors (Lipinski definition) is 5. The summed E-state index contributed by atoms with van der Waals surface area (Å²) in [7, 11) is 0. The molecule has 2 heterocycles. The van der Waals surface area contributed by atoms with Crippen molar-refractivity contribution in [2.24, 2.45) is 0 Å². The second kappa shape index (κ2) is 13.3. The molecule has 9 heteroatoms. The van der Waals surface area contributed by atoms with E-state index in [4.69, 9.17) is 0 Å². The second-order valence-corrected chi connectivity index (χ2v) is 6.99. The Hall–Kier alpha value is -0.890. The van der Waals surface area contributed by atoms with Crippen molar-refractivity contribution in [1.82, 2.24) is 30.5 Å². The Morgan fingerprint density at radius 3 is 2.52 bits per heavy atom. The maximum Gasteiger partial charge on any atom is 0.273 e. The van der Waals surface area contributed by atoms with Crippen molar-refractivity contribution in [1.29, 1.82) is 0 Å². The van der Waals surface area contributed by atoms with Gasteiger partial charge in [-0.05, 0) is 72.3 Å². The average molecular weight is 423 g/mol. The van der Waals surface area contributed by atoms with Gasteiger partial charge in [-0.1, -0.05) is 19.1 Å². The van der Waals surface area contributed by atoms with Crippen LogP contribution in [0.5, 0.6) is 0 Å². The highest BCUT2D eigenvalue weighted by Gasteiger charge is 2.23. The van der Waals surface area contributed by atoms with E-state index in [1.165, 1.54) is 0 Å². The summed E-state index contributed by atoms with van der Waals surface area (Å²) in [5.41, 5.74) is 1.34. The number of halogens is 2. The van der Waals surface area contributed by atoms with Gasteiger partial charge in [0.2, 0.25) is 0 Å². The minimum Gasteiger partial charge on any atom is -0.348 e. The summed E-state index contributed by atoms with van der Waals surface area (Å²) in [5, 5.41) is 14.8. The van der Waals surface area contributed by atoms with Crippen molar-refractivity contribution in [2.75, 3.05) is 32.7 Å². The van der Waals surface area contributed by atoms with Gasteiger partial charge in [0.15, 0.2) is 5.69 Å². The van der Waals surface area contributed by atoms with Gasteiger partial charge in [-0.25, -0.2) is 4.68 Å². The number of carbonyl (C=O) groups is 1. The molecule has 1 fully saturated rings. The number of amides is 1. The molecule has 7 nitrogen and oxygen atoms in total. The first-order chi connectivity index (χ1) is 12.1. The molecule has 1 aromatic heterocycles. The van der Waals surface area contributed by atoms with Gasteiger partial charge in [0.25, 0.3) is 5.91 Å². The number of nitrogens with one attached hydrogen (secondary N) is 2. The third kappa shape index (κ3) is 7.56. The fourth-order valence-corrected chi connectivity index (χ4v) is 3.47. The lowest BCUT2D eigenvalue weighted by Gasteiger charge is -2.23. The predicted octanol–water partition coefficient (Wildman–Crippen LogP) is 2.59. The molecule has 0 aromatic carbocycles. The molecule has 1 amide bonds. The SMILES string of the molecule is CCN(CC)CCCC(C)NC(=O)c1nnn(C2CCNCC2)c1C.Cl.Cl. The lowest BCUT2D eigenvalue weighted by Crippen LogP contribution is -2.34. The van der Waals surface area contributed by atoms with E-state index in [0.717, 1.165) is 64.1 Å². The zero-order valence-electron chi connectivity index (χ0n) is 17.0. The van der Waals surface area contributed by atoms with Crippen LogP contribution in [0.15, 0.2) is 0 Å². The highest BCUT2D eigenvalue weighted by Crippen LogP contribution is 2.20. The second-order valence-electron chi connectivity index (χ2n) is 6.99. The molecule has 1 aliphatic heterocycles. The van der Waals surface area contributed by atoms with Crippen LogP contribution in [-0.2, 0) is 0 Å². The molecule has 27 heavy (non-hydrogen) atoms. The number of rotatable bonds is 9. The molecular weight excluding hydrogens is 387 g/mol. The third-order valence-corrected chi connectivity index (χ3v) is 5.18. The van der Waals surface area contributed by atoms with Crippen LogP contribution < -0.4 is 10.6 Å². The summed E-state index contributed by atoms with van der Waals surface area (Å²) in [5.74, 6) is -0.104. The molecule has 1 saturated heterocycles. The molecule has 2 rings (SSSR count). The van der Waals surface area contributed by atoms with Gasteiger partial charge in [0, 0.05) is 6.04 Å². The molecule has 0 saturated carbocycles. The van der Waals surface area contributed by atoms with Crippen LogP contribution in [0.1, 0.15) is 68.7 Å². The van der Waals surface area contributed by atoms with Crippen LogP contribution in [0.2, 0.25) is 0 Å². The molecule has 0 spiro atoms. The van der Waals surface area contributed by atoms with Crippen LogP contribution in [0, 0.1) is 6.92 Å². The quantitative estimate of drug-likeness (QED) is 0.639. The minimum absolute atomic E-state index is 0. The number of aromatic nitrogens is 3. The first-order valence-electron chi connectivity index (χ1n) is 9.72. The molecular formula is C18H36Cl2N6O. The van der Waals surface area contributed by atoms with Gasteiger partial charge in [0.05, 0.1) is 11.7 Å². The Bertz CT molecular complexity index is 544. The average Bonchev–Trinajstić information content (AvgIpc) is 3.01. The highest BCUT2D eigenvalue weighted by molar-refractivity contribution is 5.93. The first-order valence-corrected chi connectivity index (χ1v) is 9.72.